The number of ether oxygens (including phenoxy) is 1. The molecule has 0 unspecified atom stereocenters. The van der Waals surface area contributed by atoms with Gasteiger partial charge in [0.1, 0.15) is 11.3 Å². The summed E-state index contributed by atoms with van der Waals surface area (Å²) in [6.45, 7) is 5.78. The summed E-state index contributed by atoms with van der Waals surface area (Å²) in [5.41, 5.74) is 4.67. The third-order valence-corrected chi connectivity index (χ3v) is 5.23. The van der Waals surface area contributed by atoms with Crippen LogP contribution < -0.4 is 10.1 Å². The number of ketones is 1. The first-order valence-electron chi connectivity index (χ1n) is 10.0. The Hall–Kier alpha value is -3.86. The minimum atomic E-state index is -0.372. The Morgan fingerprint density at radius 2 is 1.65 bits per heavy atom. The van der Waals surface area contributed by atoms with Crippen molar-refractivity contribution in [2.45, 2.75) is 20.8 Å². The van der Waals surface area contributed by atoms with E-state index in [-0.39, 0.29) is 24.1 Å². The highest BCUT2D eigenvalue weighted by Gasteiger charge is 2.23. The molecule has 5 heteroatoms. The molecule has 0 bridgehead atoms. The number of anilines is 1. The molecule has 1 amide bonds. The second-order valence-electron chi connectivity index (χ2n) is 7.58. The molecule has 0 saturated heterocycles. The Morgan fingerprint density at radius 1 is 0.903 bits per heavy atom. The van der Waals surface area contributed by atoms with Crippen LogP contribution >= 0.6 is 0 Å². The molecule has 0 aliphatic carbocycles. The first kappa shape index (κ1) is 20.4. The van der Waals surface area contributed by atoms with Crippen molar-refractivity contribution in [3.8, 4) is 5.75 Å². The topological polar surface area (TPSA) is 68.5 Å². The van der Waals surface area contributed by atoms with Crippen LogP contribution in [-0.4, -0.2) is 18.3 Å². The summed E-state index contributed by atoms with van der Waals surface area (Å²) in [5, 5.41) is 3.48. The summed E-state index contributed by atoms with van der Waals surface area (Å²) in [6.07, 6.45) is 0. The number of benzene rings is 3. The minimum Gasteiger partial charge on any atom is -0.484 e. The maximum absolute atomic E-state index is 13.1. The van der Waals surface area contributed by atoms with E-state index in [0.717, 1.165) is 16.7 Å². The standard InChI is InChI=1S/C26H23NO4/c1-16-8-11-19(12-9-16)25(29)26-24(21-6-4-5-7-22(21)31-26)27-23(28)15-30-20-13-10-17(2)18(3)14-20/h4-14H,15H2,1-3H3,(H,27,28). The Balaban J connectivity index is 1.59. The van der Waals surface area contributed by atoms with Gasteiger partial charge in [-0.05, 0) is 56.2 Å². The number of para-hydroxylation sites is 1. The normalized spacial score (nSPS) is 10.8. The molecule has 0 spiro atoms. The molecule has 0 aliphatic rings. The second-order valence-corrected chi connectivity index (χ2v) is 7.58. The van der Waals surface area contributed by atoms with E-state index < -0.39 is 0 Å². The average molecular weight is 413 g/mol. The molecule has 0 fully saturated rings. The third kappa shape index (κ3) is 4.36. The molecule has 4 aromatic rings. The molecule has 1 aromatic heterocycles. The number of hydrogen-bond acceptors (Lipinski definition) is 4. The van der Waals surface area contributed by atoms with E-state index >= 15 is 0 Å². The number of aryl methyl sites for hydroxylation is 3. The lowest BCUT2D eigenvalue weighted by molar-refractivity contribution is -0.118. The first-order chi connectivity index (χ1) is 14.9. The summed E-state index contributed by atoms with van der Waals surface area (Å²) >= 11 is 0. The average Bonchev–Trinajstić information content (AvgIpc) is 3.13. The minimum absolute atomic E-state index is 0.101. The van der Waals surface area contributed by atoms with E-state index in [4.69, 9.17) is 9.15 Å². The fraction of sp³-hybridized carbons (Fsp3) is 0.154. The van der Waals surface area contributed by atoms with E-state index in [2.05, 4.69) is 5.32 Å². The van der Waals surface area contributed by atoms with Crippen molar-refractivity contribution in [2.75, 3.05) is 11.9 Å². The van der Waals surface area contributed by atoms with Gasteiger partial charge in [-0.3, -0.25) is 9.59 Å². The fourth-order valence-electron chi connectivity index (χ4n) is 3.29. The van der Waals surface area contributed by atoms with Gasteiger partial charge in [0.15, 0.2) is 12.4 Å². The molecule has 4 rings (SSSR count). The maximum atomic E-state index is 13.1. The molecule has 31 heavy (non-hydrogen) atoms. The SMILES string of the molecule is Cc1ccc(C(=O)c2oc3ccccc3c2NC(=O)COc2ccc(C)c(C)c2)cc1. The van der Waals surface area contributed by atoms with Crippen molar-refractivity contribution in [1.29, 1.82) is 0 Å². The first-order valence-corrected chi connectivity index (χ1v) is 10.0. The summed E-state index contributed by atoms with van der Waals surface area (Å²) in [7, 11) is 0. The van der Waals surface area contributed by atoms with Crippen LogP contribution in [0, 0.1) is 20.8 Å². The summed E-state index contributed by atoms with van der Waals surface area (Å²) in [6, 6.07) is 20.1. The van der Waals surface area contributed by atoms with Gasteiger partial charge < -0.3 is 14.5 Å². The van der Waals surface area contributed by atoms with Gasteiger partial charge in [0.05, 0.1) is 5.69 Å². The number of carbonyl (C=O) groups is 2. The van der Waals surface area contributed by atoms with Gasteiger partial charge in [-0.25, -0.2) is 0 Å². The highest BCUT2D eigenvalue weighted by Crippen LogP contribution is 2.32. The van der Waals surface area contributed by atoms with Gasteiger partial charge in [-0.1, -0.05) is 48.0 Å². The molecular weight excluding hydrogens is 390 g/mol. The fourth-order valence-corrected chi connectivity index (χ4v) is 3.29. The Morgan fingerprint density at radius 3 is 2.39 bits per heavy atom. The molecule has 0 aliphatic heterocycles. The van der Waals surface area contributed by atoms with Gasteiger partial charge in [0.2, 0.25) is 5.78 Å². The van der Waals surface area contributed by atoms with Gasteiger partial charge in [-0.2, -0.15) is 0 Å². The van der Waals surface area contributed by atoms with Crippen molar-refractivity contribution in [1.82, 2.24) is 0 Å². The van der Waals surface area contributed by atoms with Crippen LogP contribution in [0.4, 0.5) is 5.69 Å². The van der Waals surface area contributed by atoms with Gasteiger partial charge in [0.25, 0.3) is 5.91 Å². The monoisotopic (exact) mass is 413 g/mol. The molecule has 1 heterocycles. The zero-order valence-electron chi connectivity index (χ0n) is 17.7. The number of rotatable bonds is 6. The number of amides is 1. The van der Waals surface area contributed by atoms with Crippen LogP contribution in [0.25, 0.3) is 11.0 Å². The van der Waals surface area contributed by atoms with Crippen LogP contribution in [0.15, 0.2) is 71.1 Å². The summed E-state index contributed by atoms with van der Waals surface area (Å²) in [5.74, 6) is 0.0557. The van der Waals surface area contributed by atoms with E-state index in [0.29, 0.717) is 28.0 Å². The van der Waals surface area contributed by atoms with Gasteiger partial charge in [-0.15, -0.1) is 0 Å². The number of furan rings is 1. The quantitative estimate of drug-likeness (QED) is 0.417. The predicted octanol–water partition coefficient (Wildman–Crippen LogP) is 5.61. The van der Waals surface area contributed by atoms with Crippen molar-refractivity contribution in [3.63, 3.8) is 0 Å². The Kier molecular flexibility index (Phi) is 5.58. The van der Waals surface area contributed by atoms with E-state index in [1.54, 1.807) is 18.2 Å². The zero-order valence-corrected chi connectivity index (χ0v) is 17.7. The molecule has 5 nitrogen and oxygen atoms in total. The van der Waals surface area contributed by atoms with Crippen molar-refractivity contribution in [2.24, 2.45) is 0 Å². The largest absolute Gasteiger partial charge is 0.484 e. The number of fused-ring (bicyclic) bond motifs is 1. The lowest BCUT2D eigenvalue weighted by Crippen LogP contribution is -2.21. The van der Waals surface area contributed by atoms with Crippen LogP contribution in [0.1, 0.15) is 32.8 Å². The molecule has 1 N–H and O–H groups in total. The Labute approximate surface area is 180 Å². The zero-order chi connectivity index (χ0) is 22.0. The van der Waals surface area contributed by atoms with E-state index in [1.807, 2.05) is 69.3 Å². The van der Waals surface area contributed by atoms with Crippen LogP contribution in [-0.2, 0) is 4.79 Å². The smallest absolute Gasteiger partial charge is 0.262 e. The molecule has 0 saturated carbocycles. The molecule has 0 radical (unpaired) electrons. The van der Waals surface area contributed by atoms with Crippen LogP contribution in [0.5, 0.6) is 5.75 Å². The maximum Gasteiger partial charge on any atom is 0.262 e. The van der Waals surface area contributed by atoms with Crippen molar-refractivity contribution < 1.29 is 18.7 Å². The number of nitrogens with one attached hydrogen (secondary N) is 1. The Bertz CT molecular complexity index is 1270. The number of hydrogen-bond donors (Lipinski definition) is 1. The third-order valence-electron chi connectivity index (χ3n) is 5.23. The molecular formula is C26H23NO4. The van der Waals surface area contributed by atoms with Crippen molar-refractivity contribution in [3.05, 3.63) is 94.7 Å². The van der Waals surface area contributed by atoms with E-state index in [1.165, 1.54) is 0 Å². The lowest BCUT2D eigenvalue weighted by atomic mass is 10.1. The lowest BCUT2D eigenvalue weighted by Gasteiger charge is -2.09. The van der Waals surface area contributed by atoms with Gasteiger partial charge >= 0.3 is 0 Å². The molecule has 3 aromatic carbocycles. The number of carbonyl (C=O) groups excluding carboxylic acids is 2. The highest BCUT2D eigenvalue weighted by molar-refractivity contribution is 6.17. The second kappa shape index (κ2) is 8.48. The van der Waals surface area contributed by atoms with Gasteiger partial charge in [0, 0.05) is 10.9 Å². The van der Waals surface area contributed by atoms with Crippen LogP contribution in [0.3, 0.4) is 0 Å². The van der Waals surface area contributed by atoms with Crippen LogP contribution in [0.2, 0.25) is 0 Å². The molecule has 0 atom stereocenters. The van der Waals surface area contributed by atoms with E-state index in [9.17, 15) is 9.59 Å². The van der Waals surface area contributed by atoms with Crippen molar-refractivity contribution >= 4 is 28.3 Å². The summed E-state index contributed by atoms with van der Waals surface area (Å²) in [4.78, 5) is 25.7. The molecule has 156 valence electrons. The summed E-state index contributed by atoms with van der Waals surface area (Å²) < 4.78 is 11.5. The highest BCUT2D eigenvalue weighted by atomic mass is 16.5. The predicted molar refractivity (Wildman–Crippen MR) is 121 cm³/mol.